The lowest BCUT2D eigenvalue weighted by Gasteiger charge is -2.12. The van der Waals surface area contributed by atoms with E-state index in [1.165, 1.54) is 13.2 Å². The smallest absolute Gasteiger partial charge is 0.319 e. The van der Waals surface area contributed by atoms with Crippen LogP contribution in [0.2, 0.25) is 10.0 Å². The molecule has 3 N–H and O–H groups in total. The number of hydrogen-bond acceptors (Lipinski definition) is 4. The molecule has 0 bridgehead atoms. The van der Waals surface area contributed by atoms with Crippen LogP contribution in [-0.2, 0) is 4.79 Å². The molecular weight excluding hydrogens is 441 g/mol. The molecule has 1 aromatic heterocycles. The predicted molar refractivity (Wildman–Crippen MR) is 122 cm³/mol. The highest BCUT2D eigenvalue weighted by Crippen LogP contribution is 2.36. The molecule has 0 aliphatic carbocycles. The highest BCUT2D eigenvalue weighted by Gasteiger charge is 2.15. The Balaban J connectivity index is 1.44. The Morgan fingerprint density at radius 3 is 2.55 bits per heavy atom. The van der Waals surface area contributed by atoms with Crippen LogP contribution in [0.25, 0.3) is 21.9 Å². The van der Waals surface area contributed by atoms with Gasteiger partial charge >= 0.3 is 6.03 Å². The quantitative estimate of drug-likeness (QED) is 0.360. The normalized spacial score (nSPS) is 10.8. The third-order valence-electron chi connectivity index (χ3n) is 4.56. The molecular formula is C22H17Cl2N3O4. The van der Waals surface area contributed by atoms with Gasteiger partial charge in [-0.3, -0.25) is 4.79 Å². The summed E-state index contributed by atoms with van der Waals surface area (Å²) in [6, 6.07) is 15.2. The minimum Gasteiger partial charge on any atom is -0.495 e. The van der Waals surface area contributed by atoms with Gasteiger partial charge < -0.3 is 25.1 Å². The second kappa shape index (κ2) is 8.75. The molecule has 0 aliphatic rings. The van der Waals surface area contributed by atoms with Gasteiger partial charge in [0.2, 0.25) is 5.91 Å². The third kappa shape index (κ3) is 4.52. The van der Waals surface area contributed by atoms with E-state index in [2.05, 4.69) is 16.0 Å². The fourth-order valence-corrected chi connectivity index (χ4v) is 3.47. The zero-order valence-electron chi connectivity index (χ0n) is 16.3. The first-order valence-corrected chi connectivity index (χ1v) is 9.99. The molecule has 0 unspecified atom stereocenters. The van der Waals surface area contributed by atoms with Gasteiger partial charge in [0.1, 0.15) is 16.9 Å². The number of para-hydroxylation sites is 1. The summed E-state index contributed by atoms with van der Waals surface area (Å²) >= 11 is 11.9. The van der Waals surface area contributed by atoms with Crippen molar-refractivity contribution < 1.29 is 18.7 Å². The van der Waals surface area contributed by atoms with Crippen LogP contribution in [0.4, 0.5) is 16.2 Å². The lowest BCUT2D eigenvalue weighted by molar-refractivity contribution is -0.115. The number of halogens is 2. The van der Waals surface area contributed by atoms with Crippen molar-refractivity contribution >= 4 is 68.5 Å². The molecule has 0 atom stereocenters. The molecule has 158 valence electrons. The largest absolute Gasteiger partial charge is 0.495 e. The first-order valence-electron chi connectivity index (χ1n) is 9.23. The number of carbonyl (C=O) groups excluding carboxylic acids is 2. The number of anilines is 2. The number of carbonyl (C=O) groups is 2. The molecule has 0 aliphatic heterocycles. The van der Waals surface area contributed by atoms with Gasteiger partial charge in [-0.05, 0) is 30.3 Å². The van der Waals surface area contributed by atoms with E-state index in [0.29, 0.717) is 32.8 Å². The van der Waals surface area contributed by atoms with E-state index in [1.807, 2.05) is 24.3 Å². The summed E-state index contributed by atoms with van der Waals surface area (Å²) in [7, 11) is 1.51. The number of rotatable bonds is 5. The highest BCUT2D eigenvalue weighted by molar-refractivity contribution is 6.35. The van der Waals surface area contributed by atoms with Crippen LogP contribution in [0.3, 0.4) is 0 Å². The van der Waals surface area contributed by atoms with E-state index in [1.54, 1.807) is 24.3 Å². The van der Waals surface area contributed by atoms with Crippen molar-refractivity contribution in [3.8, 4) is 5.75 Å². The van der Waals surface area contributed by atoms with Gasteiger partial charge in [0.25, 0.3) is 0 Å². The minimum absolute atomic E-state index is 0.274. The summed E-state index contributed by atoms with van der Waals surface area (Å²) in [5.74, 6) is 0.00313. The molecule has 0 saturated heterocycles. The lowest BCUT2D eigenvalue weighted by Crippen LogP contribution is -2.35. The summed E-state index contributed by atoms with van der Waals surface area (Å²) in [4.78, 5) is 24.5. The van der Waals surface area contributed by atoms with Crippen LogP contribution < -0.4 is 20.7 Å². The molecule has 31 heavy (non-hydrogen) atoms. The van der Waals surface area contributed by atoms with Gasteiger partial charge in [-0.2, -0.15) is 0 Å². The van der Waals surface area contributed by atoms with Gasteiger partial charge in [-0.15, -0.1) is 0 Å². The fourth-order valence-electron chi connectivity index (χ4n) is 3.13. The van der Waals surface area contributed by atoms with Crippen LogP contribution in [-0.4, -0.2) is 25.6 Å². The SMILES string of the molecule is COc1cc2c(cc1NC(=O)NCC(=O)Nc1cc(Cl)ccc1Cl)oc1ccccc12. The summed E-state index contributed by atoms with van der Waals surface area (Å²) in [5.41, 5.74) is 2.10. The molecule has 1 heterocycles. The summed E-state index contributed by atoms with van der Waals surface area (Å²) in [5, 5.41) is 10.3. The number of amides is 3. The molecule has 3 aromatic carbocycles. The number of urea groups is 1. The average molecular weight is 458 g/mol. The van der Waals surface area contributed by atoms with E-state index in [0.717, 1.165) is 16.4 Å². The van der Waals surface area contributed by atoms with Crippen molar-refractivity contribution in [1.29, 1.82) is 0 Å². The van der Waals surface area contributed by atoms with Gasteiger partial charge in [0.05, 0.1) is 30.1 Å². The van der Waals surface area contributed by atoms with E-state index in [9.17, 15) is 9.59 Å². The van der Waals surface area contributed by atoms with E-state index >= 15 is 0 Å². The number of benzene rings is 3. The van der Waals surface area contributed by atoms with Crippen LogP contribution in [0.1, 0.15) is 0 Å². The number of ether oxygens (including phenoxy) is 1. The van der Waals surface area contributed by atoms with E-state index in [-0.39, 0.29) is 6.54 Å². The zero-order chi connectivity index (χ0) is 22.0. The van der Waals surface area contributed by atoms with Gasteiger partial charge in [-0.1, -0.05) is 41.4 Å². The first kappa shape index (κ1) is 20.8. The van der Waals surface area contributed by atoms with Gasteiger partial charge in [-0.25, -0.2) is 4.79 Å². The molecule has 4 aromatic rings. The average Bonchev–Trinajstić information content (AvgIpc) is 3.11. The van der Waals surface area contributed by atoms with Crippen LogP contribution in [0, 0.1) is 0 Å². The summed E-state index contributed by atoms with van der Waals surface area (Å²) in [6.07, 6.45) is 0. The van der Waals surface area contributed by atoms with Gasteiger partial charge in [0, 0.05) is 21.9 Å². The zero-order valence-corrected chi connectivity index (χ0v) is 17.8. The predicted octanol–water partition coefficient (Wildman–Crippen LogP) is 5.66. The summed E-state index contributed by atoms with van der Waals surface area (Å²) in [6.45, 7) is -0.274. The Hall–Kier alpha value is -3.42. The number of hydrogen-bond donors (Lipinski definition) is 3. The maximum Gasteiger partial charge on any atom is 0.319 e. The third-order valence-corrected chi connectivity index (χ3v) is 5.12. The van der Waals surface area contributed by atoms with E-state index in [4.69, 9.17) is 32.4 Å². The molecule has 0 fully saturated rings. The molecule has 0 spiro atoms. The number of furan rings is 1. The second-order valence-corrected chi connectivity index (χ2v) is 7.47. The van der Waals surface area contributed by atoms with Crippen molar-refractivity contribution in [1.82, 2.24) is 5.32 Å². The van der Waals surface area contributed by atoms with Crippen molar-refractivity contribution in [3.63, 3.8) is 0 Å². The monoisotopic (exact) mass is 457 g/mol. The topological polar surface area (TPSA) is 92.6 Å². The van der Waals surface area contributed by atoms with Crippen molar-refractivity contribution in [2.75, 3.05) is 24.3 Å². The Bertz CT molecular complexity index is 1300. The van der Waals surface area contributed by atoms with Crippen LogP contribution in [0.5, 0.6) is 5.75 Å². The van der Waals surface area contributed by atoms with Crippen molar-refractivity contribution in [2.24, 2.45) is 0 Å². The molecule has 9 heteroatoms. The van der Waals surface area contributed by atoms with Crippen molar-refractivity contribution in [2.45, 2.75) is 0 Å². The molecule has 3 amide bonds. The molecule has 4 rings (SSSR count). The number of fused-ring (bicyclic) bond motifs is 3. The Labute approximate surface area is 187 Å². The Kier molecular flexibility index (Phi) is 5.88. The van der Waals surface area contributed by atoms with Crippen molar-refractivity contribution in [3.05, 3.63) is 64.6 Å². The second-order valence-electron chi connectivity index (χ2n) is 6.63. The minimum atomic E-state index is -0.582. The molecule has 7 nitrogen and oxygen atoms in total. The maximum absolute atomic E-state index is 12.3. The Morgan fingerprint density at radius 2 is 1.74 bits per heavy atom. The van der Waals surface area contributed by atoms with Crippen LogP contribution in [0.15, 0.2) is 59.0 Å². The fraction of sp³-hybridized carbons (Fsp3) is 0.0909. The van der Waals surface area contributed by atoms with Crippen LogP contribution >= 0.6 is 23.2 Å². The highest BCUT2D eigenvalue weighted by atomic mass is 35.5. The molecule has 0 saturated carbocycles. The number of methoxy groups -OCH3 is 1. The van der Waals surface area contributed by atoms with E-state index < -0.39 is 11.9 Å². The first-order chi connectivity index (χ1) is 14.9. The Morgan fingerprint density at radius 1 is 0.935 bits per heavy atom. The standard InChI is InChI=1S/C22H17Cl2N3O4/c1-30-20-9-14-13-4-2-3-5-18(13)31-19(14)10-17(20)27-22(29)25-11-21(28)26-16-8-12(23)6-7-15(16)24/h2-10H,11H2,1H3,(H,26,28)(H2,25,27,29). The van der Waals surface area contributed by atoms with Gasteiger partial charge in [0.15, 0.2) is 0 Å². The lowest BCUT2D eigenvalue weighted by atomic mass is 10.1. The maximum atomic E-state index is 12.3. The molecule has 0 radical (unpaired) electrons. The summed E-state index contributed by atoms with van der Waals surface area (Å²) < 4.78 is 11.3. The number of nitrogens with one attached hydrogen (secondary N) is 3.